The van der Waals surface area contributed by atoms with E-state index in [9.17, 15) is 18.4 Å². The Bertz CT molecular complexity index is 1390. The molecule has 0 amide bonds. The van der Waals surface area contributed by atoms with E-state index in [1.807, 2.05) is 30.0 Å². The van der Waals surface area contributed by atoms with Gasteiger partial charge in [-0.3, -0.25) is 0 Å². The zero-order valence-electron chi connectivity index (χ0n) is 22.1. The average molecular weight is 536 g/mol. The molecule has 2 aliphatic rings. The normalized spacial score (nSPS) is 17.2. The third kappa shape index (κ3) is 4.89. The molecule has 2 N–H and O–H groups in total. The molecule has 1 spiro atoms. The summed E-state index contributed by atoms with van der Waals surface area (Å²) >= 11 is 0. The molecule has 5 rings (SSSR count). The highest BCUT2D eigenvalue weighted by molar-refractivity contribution is 5.77. The SMILES string of the molecule is CCOc1ncccc1-c1ccc2c(c1)N([C@@H](C)CN)CC21CCN(c2ccc(C(F)(F)F)cc2C#N)CC1. The first-order chi connectivity index (χ1) is 18.7. The number of nitriles is 1. The minimum atomic E-state index is -4.48. The zero-order valence-corrected chi connectivity index (χ0v) is 22.1. The van der Waals surface area contributed by atoms with Gasteiger partial charge in [0.1, 0.15) is 6.07 Å². The molecule has 9 heteroatoms. The average Bonchev–Trinajstić information content (AvgIpc) is 3.25. The van der Waals surface area contributed by atoms with Crippen LogP contribution in [0, 0.1) is 11.3 Å². The Balaban J connectivity index is 1.46. The minimum Gasteiger partial charge on any atom is -0.478 e. The van der Waals surface area contributed by atoms with Crippen LogP contribution < -0.4 is 20.3 Å². The van der Waals surface area contributed by atoms with E-state index >= 15 is 0 Å². The number of hydrogen-bond acceptors (Lipinski definition) is 6. The zero-order chi connectivity index (χ0) is 27.8. The summed E-state index contributed by atoms with van der Waals surface area (Å²) < 4.78 is 45.4. The molecule has 1 fully saturated rings. The predicted molar refractivity (Wildman–Crippen MR) is 146 cm³/mol. The Kier molecular flexibility index (Phi) is 7.17. The van der Waals surface area contributed by atoms with Crippen molar-refractivity contribution in [3.63, 3.8) is 0 Å². The number of anilines is 2. The number of fused-ring (bicyclic) bond motifs is 2. The lowest BCUT2D eigenvalue weighted by Crippen LogP contribution is -2.47. The molecule has 0 radical (unpaired) electrons. The molecule has 0 bridgehead atoms. The van der Waals surface area contributed by atoms with E-state index in [0.717, 1.165) is 48.3 Å². The summed E-state index contributed by atoms with van der Waals surface area (Å²) in [6, 6.07) is 16.0. The van der Waals surface area contributed by atoms with Crippen LogP contribution in [0.15, 0.2) is 54.7 Å². The van der Waals surface area contributed by atoms with Crippen molar-refractivity contribution in [3.05, 3.63) is 71.4 Å². The monoisotopic (exact) mass is 535 g/mol. The van der Waals surface area contributed by atoms with Crippen LogP contribution in [-0.4, -0.2) is 43.8 Å². The van der Waals surface area contributed by atoms with E-state index in [4.69, 9.17) is 10.5 Å². The van der Waals surface area contributed by atoms with Crippen molar-refractivity contribution in [1.29, 1.82) is 5.26 Å². The largest absolute Gasteiger partial charge is 0.478 e. The fourth-order valence-electron chi connectivity index (χ4n) is 5.95. The summed E-state index contributed by atoms with van der Waals surface area (Å²) in [5.41, 5.74) is 10.2. The quantitative estimate of drug-likeness (QED) is 0.434. The first kappa shape index (κ1) is 26.8. The molecule has 0 saturated carbocycles. The van der Waals surface area contributed by atoms with Gasteiger partial charge in [0.2, 0.25) is 5.88 Å². The van der Waals surface area contributed by atoms with Crippen molar-refractivity contribution in [2.24, 2.45) is 5.73 Å². The van der Waals surface area contributed by atoms with Crippen LogP contribution in [0.1, 0.15) is 43.4 Å². The molecule has 2 aliphatic heterocycles. The summed E-state index contributed by atoms with van der Waals surface area (Å²) in [6.07, 6.45) is -1.13. The molecule has 1 saturated heterocycles. The maximum atomic E-state index is 13.2. The number of piperidine rings is 1. The second-order valence-corrected chi connectivity index (χ2v) is 10.3. The van der Waals surface area contributed by atoms with Crippen molar-refractivity contribution >= 4 is 11.4 Å². The third-order valence-corrected chi connectivity index (χ3v) is 8.09. The standard InChI is InChI=1S/C30H32F3N5O/c1-3-39-28-24(5-4-12-36-28)21-6-8-25-27(16-21)38(20(2)17-34)19-29(25)10-13-37(14-11-29)26-9-7-23(30(31,32)33)15-22(26)18-35/h4-9,12,15-16,20H,3,10-11,13-14,17,19,34H2,1-2H3/t20-/m0/s1. The number of rotatable bonds is 6. The van der Waals surface area contributed by atoms with Gasteiger partial charge in [-0.25, -0.2) is 4.98 Å². The molecule has 3 aromatic rings. The van der Waals surface area contributed by atoms with E-state index < -0.39 is 11.7 Å². The second kappa shape index (κ2) is 10.4. The number of nitrogens with two attached hydrogens (primary N) is 1. The molecule has 39 heavy (non-hydrogen) atoms. The van der Waals surface area contributed by atoms with Gasteiger partial charge in [-0.2, -0.15) is 18.4 Å². The van der Waals surface area contributed by atoms with Crippen molar-refractivity contribution in [1.82, 2.24) is 4.98 Å². The Labute approximate surface area is 226 Å². The maximum Gasteiger partial charge on any atom is 0.416 e. The number of ether oxygens (including phenoxy) is 1. The van der Waals surface area contributed by atoms with Crippen molar-refractivity contribution in [2.75, 3.05) is 42.6 Å². The number of pyridine rings is 1. The summed E-state index contributed by atoms with van der Waals surface area (Å²) in [5, 5.41) is 9.59. The van der Waals surface area contributed by atoms with Crippen LogP contribution in [0.5, 0.6) is 5.88 Å². The van der Waals surface area contributed by atoms with E-state index in [1.54, 1.807) is 6.20 Å². The van der Waals surface area contributed by atoms with Crippen LogP contribution in [0.3, 0.4) is 0 Å². The molecule has 6 nitrogen and oxygen atoms in total. The Morgan fingerprint density at radius 3 is 2.56 bits per heavy atom. The number of alkyl halides is 3. The van der Waals surface area contributed by atoms with Gasteiger partial charge in [-0.05, 0) is 74.2 Å². The highest BCUT2D eigenvalue weighted by Crippen LogP contribution is 2.50. The Morgan fingerprint density at radius 1 is 1.13 bits per heavy atom. The predicted octanol–water partition coefficient (Wildman–Crippen LogP) is 5.74. The first-order valence-corrected chi connectivity index (χ1v) is 13.3. The number of nitrogens with zero attached hydrogens (tertiary/aromatic N) is 4. The molecule has 2 aromatic carbocycles. The fraction of sp³-hybridized carbons (Fsp3) is 0.400. The van der Waals surface area contributed by atoms with Crippen molar-refractivity contribution < 1.29 is 17.9 Å². The van der Waals surface area contributed by atoms with Gasteiger partial charge >= 0.3 is 6.18 Å². The van der Waals surface area contributed by atoms with Gasteiger partial charge in [0.05, 0.1) is 23.4 Å². The van der Waals surface area contributed by atoms with Gasteiger partial charge in [0.25, 0.3) is 0 Å². The number of hydrogen-bond donors (Lipinski definition) is 1. The molecule has 0 unspecified atom stereocenters. The molecular formula is C30H32F3N5O. The second-order valence-electron chi connectivity index (χ2n) is 10.3. The fourth-order valence-corrected chi connectivity index (χ4v) is 5.95. The summed E-state index contributed by atoms with van der Waals surface area (Å²) in [4.78, 5) is 8.83. The van der Waals surface area contributed by atoms with Crippen molar-refractivity contribution in [3.8, 4) is 23.1 Å². The lowest BCUT2D eigenvalue weighted by Gasteiger charge is -2.41. The smallest absolute Gasteiger partial charge is 0.416 e. The molecule has 1 atom stereocenters. The Morgan fingerprint density at radius 2 is 1.90 bits per heavy atom. The van der Waals surface area contributed by atoms with Crippen LogP contribution in [0.4, 0.5) is 24.5 Å². The minimum absolute atomic E-state index is 0.0530. The van der Waals surface area contributed by atoms with Crippen LogP contribution in [0.2, 0.25) is 0 Å². The number of halogens is 3. The first-order valence-electron chi connectivity index (χ1n) is 13.3. The summed E-state index contributed by atoms with van der Waals surface area (Å²) in [7, 11) is 0. The van der Waals surface area contributed by atoms with Gasteiger partial charge in [-0.1, -0.05) is 12.1 Å². The Hall–Kier alpha value is -3.77. The number of benzene rings is 2. The van der Waals surface area contributed by atoms with E-state index in [-0.39, 0.29) is 17.0 Å². The summed E-state index contributed by atoms with van der Waals surface area (Å²) in [5.74, 6) is 0.601. The van der Waals surface area contributed by atoms with Gasteiger partial charge in [-0.15, -0.1) is 0 Å². The van der Waals surface area contributed by atoms with Gasteiger partial charge < -0.3 is 20.3 Å². The van der Waals surface area contributed by atoms with E-state index in [1.165, 1.54) is 11.6 Å². The highest BCUT2D eigenvalue weighted by atomic mass is 19.4. The lowest BCUT2D eigenvalue weighted by atomic mass is 9.74. The van der Waals surface area contributed by atoms with Crippen LogP contribution >= 0.6 is 0 Å². The molecule has 204 valence electrons. The van der Waals surface area contributed by atoms with E-state index in [2.05, 4.69) is 35.0 Å². The number of aromatic nitrogens is 1. The van der Waals surface area contributed by atoms with E-state index in [0.29, 0.717) is 37.8 Å². The van der Waals surface area contributed by atoms with Crippen LogP contribution in [-0.2, 0) is 11.6 Å². The third-order valence-electron chi connectivity index (χ3n) is 8.09. The van der Waals surface area contributed by atoms with Gasteiger partial charge in [0, 0.05) is 55.1 Å². The van der Waals surface area contributed by atoms with Crippen LogP contribution in [0.25, 0.3) is 11.1 Å². The lowest BCUT2D eigenvalue weighted by molar-refractivity contribution is -0.137. The highest BCUT2D eigenvalue weighted by Gasteiger charge is 2.46. The summed E-state index contributed by atoms with van der Waals surface area (Å²) in [6.45, 7) is 7.21. The molecular weight excluding hydrogens is 503 g/mol. The molecule has 1 aromatic heterocycles. The topological polar surface area (TPSA) is 78.4 Å². The maximum absolute atomic E-state index is 13.2. The van der Waals surface area contributed by atoms with Crippen molar-refractivity contribution in [2.45, 2.75) is 44.3 Å². The van der Waals surface area contributed by atoms with Gasteiger partial charge in [0.15, 0.2) is 0 Å². The molecule has 0 aliphatic carbocycles. The molecule has 3 heterocycles.